The van der Waals surface area contributed by atoms with E-state index in [1.807, 2.05) is 0 Å². The van der Waals surface area contributed by atoms with Gasteiger partial charge in [-0.3, -0.25) is 14.4 Å². The van der Waals surface area contributed by atoms with Gasteiger partial charge in [-0.1, -0.05) is 24.3 Å². The zero-order valence-electron chi connectivity index (χ0n) is 19.6. The Kier molecular flexibility index (Phi) is 5.97. The third-order valence-corrected chi connectivity index (χ3v) is 7.46. The number of benzene rings is 2. The molecular formula is C26H27NO9. The second kappa shape index (κ2) is 8.75. The van der Waals surface area contributed by atoms with E-state index < -0.39 is 65.4 Å². The highest BCUT2D eigenvalue weighted by Gasteiger charge is 2.49. The third kappa shape index (κ3) is 3.64. The topological polar surface area (TPSA) is 177 Å². The predicted octanol–water partition coefficient (Wildman–Crippen LogP) is 1.02. The normalized spacial score (nSPS) is 29.3. The first-order valence-corrected chi connectivity index (χ1v) is 11.8. The molecule has 2 aliphatic carbocycles. The van der Waals surface area contributed by atoms with Crippen LogP contribution in [0.4, 0.5) is 0 Å². The van der Waals surface area contributed by atoms with Crippen molar-refractivity contribution in [3.63, 3.8) is 0 Å². The van der Waals surface area contributed by atoms with Gasteiger partial charge >= 0.3 is 0 Å². The van der Waals surface area contributed by atoms with Crippen LogP contribution in [-0.4, -0.2) is 68.4 Å². The summed E-state index contributed by atoms with van der Waals surface area (Å²) < 4.78 is 11.9. The van der Waals surface area contributed by atoms with Gasteiger partial charge in [-0.2, -0.15) is 0 Å². The molecule has 1 saturated heterocycles. The van der Waals surface area contributed by atoms with Crippen molar-refractivity contribution in [1.82, 2.24) is 0 Å². The second-order valence-corrected chi connectivity index (χ2v) is 9.67. The summed E-state index contributed by atoms with van der Waals surface area (Å²) in [5, 5.41) is 43.2. The van der Waals surface area contributed by atoms with Crippen LogP contribution in [0, 0.1) is 0 Å². The zero-order valence-corrected chi connectivity index (χ0v) is 19.6. The van der Waals surface area contributed by atoms with Gasteiger partial charge in [-0.15, -0.1) is 0 Å². The van der Waals surface area contributed by atoms with E-state index in [-0.39, 0.29) is 46.4 Å². The van der Waals surface area contributed by atoms with Crippen molar-refractivity contribution in [2.24, 2.45) is 5.73 Å². The van der Waals surface area contributed by atoms with Gasteiger partial charge in [0.1, 0.15) is 23.7 Å². The molecule has 0 aromatic heterocycles. The number of fused-ring (bicyclic) bond motifs is 3. The van der Waals surface area contributed by atoms with Crippen molar-refractivity contribution in [1.29, 1.82) is 0 Å². The predicted molar refractivity (Wildman–Crippen MR) is 124 cm³/mol. The van der Waals surface area contributed by atoms with Crippen molar-refractivity contribution < 1.29 is 44.3 Å². The van der Waals surface area contributed by atoms with Gasteiger partial charge in [0, 0.05) is 41.1 Å². The lowest BCUT2D eigenvalue weighted by Gasteiger charge is -2.41. The minimum atomic E-state index is -2.15. The number of phenolic OH excluding ortho intramolecular Hbond substituents is 2. The molecular weight excluding hydrogens is 470 g/mol. The number of ether oxygens (including phenoxy) is 2. The van der Waals surface area contributed by atoms with E-state index in [2.05, 4.69) is 0 Å². The minimum absolute atomic E-state index is 0.00618. The van der Waals surface area contributed by atoms with Crippen molar-refractivity contribution in [2.45, 2.75) is 62.7 Å². The van der Waals surface area contributed by atoms with E-state index in [9.17, 15) is 34.8 Å². The number of hydrogen-bond donors (Lipinski definition) is 5. The Bertz CT molecular complexity index is 1290. The molecule has 0 unspecified atom stereocenters. The molecule has 0 radical (unpaired) electrons. The van der Waals surface area contributed by atoms with E-state index in [1.54, 1.807) is 19.1 Å². The average molecular weight is 498 g/mol. The largest absolute Gasteiger partial charge is 0.507 e. The molecule has 0 amide bonds. The fourth-order valence-corrected chi connectivity index (χ4v) is 5.41. The Morgan fingerprint density at radius 3 is 2.31 bits per heavy atom. The summed E-state index contributed by atoms with van der Waals surface area (Å²) >= 11 is 0. The molecule has 10 nitrogen and oxygen atoms in total. The average Bonchev–Trinajstić information content (AvgIpc) is 2.86. The van der Waals surface area contributed by atoms with Crippen LogP contribution in [-0.2, 0) is 20.7 Å². The molecule has 0 saturated carbocycles. The number of phenols is 2. The van der Waals surface area contributed by atoms with Crippen LogP contribution in [0.1, 0.15) is 75.3 Å². The van der Waals surface area contributed by atoms with Gasteiger partial charge < -0.3 is 35.6 Å². The number of aliphatic hydroxyl groups is 2. The third-order valence-electron chi connectivity index (χ3n) is 7.46. The molecule has 2 aromatic carbocycles. The van der Waals surface area contributed by atoms with E-state index in [0.717, 1.165) is 0 Å². The Morgan fingerprint density at radius 1 is 1.11 bits per heavy atom. The quantitative estimate of drug-likeness (QED) is 0.327. The first kappa shape index (κ1) is 24.5. The summed E-state index contributed by atoms with van der Waals surface area (Å²) in [4.78, 5) is 39.1. The molecule has 1 heterocycles. The lowest BCUT2D eigenvalue weighted by atomic mass is 9.72. The number of ketones is 3. The number of aliphatic hydroxyl groups excluding tert-OH is 1. The summed E-state index contributed by atoms with van der Waals surface area (Å²) in [5.74, 6) is -3.41. The second-order valence-electron chi connectivity index (χ2n) is 9.67. The molecule has 3 aliphatic rings. The maximum Gasteiger partial charge on any atom is 0.198 e. The summed E-state index contributed by atoms with van der Waals surface area (Å²) in [6, 6.07) is 5.86. The maximum atomic E-state index is 13.3. The van der Waals surface area contributed by atoms with Crippen LogP contribution >= 0.6 is 0 Å². The summed E-state index contributed by atoms with van der Waals surface area (Å²) in [5.41, 5.74) is 3.13. The van der Waals surface area contributed by atoms with E-state index in [1.165, 1.54) is 12.1 Å². The van der Waals surface area contributed by atoms with Crippen LogP contribution in [0.3, 0.4) is 0 Å². The number of nitrogens with two attached hydrogens (primary N) is 1. The smallest absolute Gasteiger partial charge is 0.198 e. The van der Waals surface area contributed by atoms with Crippen molar-refractivity contribution in [2.75, 3.05) is 6.61 Å². The Morgan fingerprint density at radius 2 is 1.72 bits per heavy atom. The first-order chi connectivity index (χ1) is 17.1. The number of carbonyl (C=O) groups excluding carboxylic acids is 3. The number of hydrogen-bond acceptors (Lipinski definition) is 10. The highest BCUT2D eigenvalue weighted by Crippen LogP contribution is 2.51. The number of carbonyl (C=O) groups is 3. The molecule has 5 atom stereocenters. The van der Waals surface area contributed by atoms with Gasteiger partial charge in [0.15, 0.2) is 23.6 Å². The Balaban J connectivity index is 1.67. The fraction of sp³-hybridized carbons (Fsp3) is 0.423. The Labute approximate surface area is 206 Å². The van der Waals surface area contributed by atoms with E-state index in [0.29, 0.717) is 12.8 Å². The monoisotopic (exact) mass is 497 g/mol. The summed E-state index contributed by atoms with van der Waals surface area (Å²) in [6.07, 6.45) is -2.24. The van der Waals surface area contributed by atoms with Gasteiger partial charge in [0.05, 0.1) is 23.3 Å². The summed E-state index contributed by atoms with van der Waals surface area (Å²) in [7, 11) is 0. The molecule has 190 valence electrons. The molecule has 5 rings (SSSR count). The summed E-state index contributed by atoms with van der Waals surface area (Å²) in [6.45, 7) is 0.814. The Hall–Kier alpha value is -3.15. The van der Waals surface area contributed by atoms with Crippen LogP contribution in [0.25, 0.3) is 0 Å². The number of rotatable bonds is 4. The van der Waals surface area contributed by atoms with Gasteiger partial charge in [-0.05, 0) is 19.8 Å². The van der Waals surface area contributed by atoms with Crippen LogP contribution in [0.2, 0.25) is 0 Å². The van der Waals surface area contributed by atoms with Gasteiger partial charge in [0.25, 0.3) is 0 Å². The maximum absolute atomic E-state index is 13.3. The fourth-order valence-electron chi connectivity index (χ4n) is 5.41. The lowest BCUT2D eigenvalue weighted by Crippen LogP contribution is -2.49. The van der Waals surface area contributed by atoms with E-state index in [4.69, 9.17) is 15.2 Å². The molecule has 1 aliphatic heterocycles. The molecule has 10 heteroatoms. The minimum Gasteiger partial charge on any atom is -0.507 e. The van der Waals surface area contributed by atoms with Crippen LogP contribution < -0.4 is 5.73 Å². The van der Waals surface area contributed by atoms with Gasteiger partial charge in [-0.25, -0.2) is 0 Å². The van der Waals surface area contributed by atoms with Crippen molar-refractivity contribution >= 4 is 17.3 Å². The van der Waals surface area contributed by atoms with Gasteiger partial charge in [0.2, 0.25) is 0 Å². The standard InChI is InChI=1S/C26H27NO9/c1-11-15(27)6-7-18(35-11)36-16-9-26(34,17(29)10-28)8-14-19(16)25(33)21-20(24(14)32)22(30)12-4-2-3-5-13(12)23(21)31/h2-5,11,15-16,18,28,32-34H,6-10,27H2,1H3/t11-,15+,16-,18+,26-/m0/s1. The highest BCUT2D eigenvalue weighted by atomic mass is 16.7. The number of Topliss-reactive ketones (excluding diaryl/α,β-unsaturated/α-hetero) is 1. The van der Waals surface area contributed by atoms with Crippen molar-refractivity contribution in [3.05, 3.63) is 57.6 Å². The van der Waals surface area contributed by atoms with E-state index >= 15 is 0 Å². The molecule has 1 fully saturated rings. The molecule has 2 aromatic rings. The molecule has 0 bridgehead atoms. The molecule has 0 spiro atoms. The zero-order chi connectivity index (χ0) is 25.9. The van der Waals surface area contributed by atoms with Crippen molar-refractivity contribution in [3.8, 4) is 11.5 Å². The first-order valence-electron chi connectivity index (χ1n) is 11.8. The lowest BCUT2D eigenvalue weighted by molar-refractivity contribution is -0.226. The number of aromatic hydroxyl groups is 2. The SMILES string of the molecule is C[C@@H]1O[C@H](O[C@H]2C[C@](O)(C(=O)CO)Cc3c(O)c4c(c(O)c32)C(=O)c2ccccc2C4=O)CC[C@H]1N. The molecule has 36 heavy (non-hydrogen) atoms. The molecule has 6 N–H and O–H groups in total. The van der Waals surface area contributed by atoms with Crippen LogP contribution in [0.5, 0.6) is 11.5 Å². The highest BCUT2D eigenvalue weighted by molar-refractivity contribution is 6.30. The van der Waals surface area contributed by atoms with Crippen LogP contribution in [0.15, 0.2) is 24.3 Å².